The van der Waals surface area contributed by atoms with Crippen LogP contribution < -0.4 is 5.32 Å². The van der Waals surface area contributed by atoms with Gasteiger partial charge in [-0.2, -0.15) is 0 Å². The van der Waals surface area contributed by atoms with Gasteiger partial charge in [0.2, 0.25) is 0 Å². The van der Waals surface area contributed by atoms with Gasteiger partial charge in [0.05, 0.1) is 0 Å². The zero-order valence-corrected chi connectivity index (χ0v) is 9.79. The van der Waals surface area contributed by atoms with Crippen LogP contribution >= 0.6 is 0 Å². The van der Waals surface area contributed by atoms with Crippen LogP contribution in [-0.2, 0) is 0 Å². The summed E-state index contributed by atoms with van der Waals surface area (Å²) in [5, 5.41) is 3.41. The van der Waals surface area contributed by atoms with Crippen LogP contribution in [0, 0.1) is 5.92 Å². The summed E-state index contributed by atoms with van der Waals surface area (Å²) in [5.74, 6) is 0.749. The van der Waals surface area contributed by atoms with Gasteiger partial charge in [0, 0.05) is 18.6 Å². The maximum Gasteiger partial charge on any atom is 0.0117 e. The van der Waals surface area contributed by atoms with Gasteiger partial charge in [0.25, 0.3) is 0 Å². The smallest absolute Gasteiger partial charge is 0.0117 e. The third-order valence-electron chi connectivity index (χ3n) is 3.69. The maximum absolute atomic E-state index is 3.78. The van der Waals surface area contributed by atoms with Crippen LogP contribution in [0.5, 0.6) is 0 Å². The van der Waals surface area contributed by atoms with Crippen molar-refractivity contribution in [1.29, 1.82) is 0 Å². The van der Waals surface area contributed by atoms with Crippen molar-refractivity contribution in [2.45, 2.75) is 38.8 Å². The molecule has 1 saturated heterocycles. The third-order valence-corrected chi connectivity index (χ3v) is 3.69. The lowest BCUT2D eigenvalue weighted by Gasteiger charge is -2.42. The summed E-state index contributed by atoms with van der Waals surface area (Å²) in [4.78, 5) is 2.58. The maximum atomic E-state index is 3.78. The minimum atomic E-state index is 0.696. The number of nitrogens with zero attached hydrogens (tertiary/aromatic N) is 1. The molecule has 14 heavy (non-hydrogen) atoms. The van der Waals surface area contributed by atoms with E-state index in [9.17, 15) is 0 Å². The largest absolute Gasteiger partial charge is 0.317 e. The number of rotatable bonds is 4. The van der Waals surface area contributed by atoms with Crippen molar-refractivity contribution in [3.05, 3.63) is 12.7 Å². The molecule has 0 aromatic rings. The van der Waals surface area contributed by atoms with Crippen LogP contribution in [0.1, 0.15) is 26.7 Å². The highest BCUT2D eigenvalue weighted by molar-refractivity contribution is 4.88. The highest BCUT2D eigenvalue weighted by atomic mass is 15.2. The Morgan fingerprint density at radius 1 is 1.50 bits per heavy atom. The summed E-state index contributed by atoms with van der Waals surface area (Å²) in [6.07, 6.45) is 4.40. The number of piperidine rings is 1. The minimum absolute atomic E-state index is 0.696. The summed E-state index contributed by atoms with van der Waals surface area (Å²) in [7, 11) is 2.08. The topological polar surface area (TPSA) is 15.3 Å². The fraction of sp³-hybridized carbons (Fsp3) is 0.833. The standard InChI is InChI=1S/C12H24N2/c1-5-6-8-14-9-7-12(13-4)10(2)11(14)3/h5,10-13H,1,6-9H2,2-4H3. The van der Waals surface area contributed by atoms with Crippen molar-refractivity contribution in [3.63, 3.8) is 0 Å². The average molecular weight is 196 g/mol. The number of nitrogens with one attached hydrogen (secondary N) is 1. The van der Waals surface area contributed by atoms with Gasteiger partial charge in [-0.1, -0.05) is 13.0 Å². The van der Waals surface area contributed by atoms with Gasteiger partial charge in [-0.3, -0.25) is 4.90 Å². The predicted molar refractivity (Wildman–Crippen MR) is 62.5 cm³/mol. The van der Waals surface area contributed by atoms with Crippen LogP contribution in [0.25, 0.3) is 0 Å². The minimum Gasteiger partial charge on any atom is -0.317 e. The molecule has 1 aliphatic heterocycles. The van der Waals surface area contributed by atoms with Crippen LogP contribution in [-0.4, -0.2) is 37.1 Å². The zero-order valence-electron chi connectivity index (χ0n) is 9.79. The Morgan fingerprint density at radius 2 is 2.21 bits per heavy atom. The van der Waals surface area contributed by atoms with Crippen molar-refractivity contribution in [2.24, 2.45) is 5.92 Å². The van der Waals surface area contributed by atoms with Crippen LogP contribution in [0.15, 0.2) is 12.7 Å². The van der Waals surface area contributed by atoms with E-state index in [0.29, 0.717) is 12.1 Å². The number of hydrogen-bond donors (Lipinski definition) is 1. The molecule has 0 spiro atoms. The second-order valence-electron chi connectivity index (χ2n) is 4.40. The van der Waals surface area contributed by atoms with Gasteiger partial charge in [0.1, 0.15) is 0 Å². The summed E-state index contributed by atoms with van der Waals surface area (Å²) in [6, 6.07) is 1.39. The average Bonchev–Trinajstić information content (AvgIpc) is 2.20. The van der Waals surface area contributed by atoms with E-state index in [0.717, 1.165) is 12.3 Å². The molecule has 0 bridgehead atoms. The fourth-order valence-electron chi connectivity index (χ4n) is 2.42. The Hall–Kier alpha value is -0.340. The van der Waals surface area contributed by atoms with Gasteiger partial charge >= 0.3 is 0 Å². The second-order valence-corrected chi connectivity index (χ2v) is 4.40. The highest BCUT2D eigenvalue weighted by Gasteiger charge is 2.30. The third kappa shape index (κ3) is 2.58. The molecule has 1 rings (SSSR count). The quantitative estimate of drug-likeness (QED) is 0.691. The van der Waals surface area contributed by atoms with Crippen molar-refractivity contribution < 1.29 is 0 Å². The summed E-state index contributed by atoms with van der Waals surface area (Å²) < 4.78 is 0. The molecule has 1 heterocycles. The van der Waals surface area contributed by atoms with E-state index in [1.807, 2.05) is 6.08 Å². The van der Waals surface area contributed by atoms with E-state index in [1.165, 1.54) is 19.5 Å². The summed E-state index contributed by atoms with van der Waals surface area (Å²) >= 11 is 0. The first-order valence-electron chi connectivity index (χ1n) is 5.73. The van der Waals surface area contributed by atoms with Gasteiger partial charge < -0.3 is 5.32 Å². The molecule has 1 N–H and O–H groups in total. The molecule has 3 atom stereocenters. The van der Waals surface area contributed by atoms with E-state index in [1.54, 1.807) is 0 Å². The second kappa shape index (κ2) is 5.52. The molecule has 2 heteroatoms. The molecule has 1 aliphatic rings. The summed E-state index contributed by atoms with van der Waals surface area (Å²) in [6.45, 7) is 10.9. The lowest BCUT2D eigenvalue weighted by Crippen LogP contribution is -2.52. The lowest BCUT2D eigenvalue weighted by atomic mass is 9.87. The lowest BCUT2D eigenvalue weighted by molar-refractivity contribution is 0.0895. The number of likely N-dealkylation sites (tertiary alicyclic amines) is 1. The van der Waals surface area contributed by atoms with Crippen molar-refractivity contribution in [2.75, 3.05) is 20.1 Å². The van der Waals surface area contributed by atoms with Gasteiger partial charge in [-0.25, -0.2) is 0 Å². The van der Waals surface area contributed by atoms with Crippen molar-refractivity contribution in [1.82, 2.24) is 10.2 Å². The number of hydrogen-bond acceptors (Lipinski definition) is 2. The molecule has 0 aliphatic carbocycles. The zero-order chi connectivity index (χ0) is 10.6. The molecule has 82 valence electrons. The highest BCUT2D eigenvalue weighted by Crippen LogP contribution is 2.23. The molecule has 0 amide bonds. The first kappa shape index (κ1) is 11.7. The monoisotopic (exact) mass is 196 g/mol. The molecule has 3 unspecified atom stereocenters. The van der Waals surface area contributed by atoms with E-state index < -0.39 is 0 Å². The SMILES string of the molecule is C=CCCN1CCC(NC)C(C)C1C. The van der Waals surface area contributed by atoms with Crippen molar-refractivity contribution >= 4 is 0 Å². The first-order valence-corrected chi connectivity index (χ1v) is 5.73. The molecule has 0 aromatic carbocycles. The van der Waals surface area contributed by atoms with E-state index >= 15 is 0 Å². The first-order chi connectivity index (χ1) is 6.70. The Kier molecular flexibility index (Phi) is 4.63. The van der Waals surface area contributed by atoms with Crippen LogP contribution in [0.3, 0.4) is 0 Å². The fourth-order valence-corrected chi connectivity index (χ4v) is 2.42. The molecule has 0 radical (unpaired) electrons. The van der Waals surface area contributed by atoms with Crippen molar-refractivity contribution in [3.8, 4) is 0 Å². The van der Waals surface area contributed by atoms with Gasteiger partial charge in [0.15, 0.2) is 0 Å². The Labute approximate surface area is 88.4 Å². The Balaban J connectivity index is 2.46. The molecular formula is C12H24N2. The molecule has 0 saturated carbocycles. The van der Waals surface area contributed by atoms with E-state index in [-0.39, 0.29) is 0 Å². The molecular weight excluding hydrogens is 172 g/mol. The normalized spacial score (nSPS) is 34.4. The van der Waals surface area contributed by atoms with Crippen LogP contribution in [0.4, 0.5) is 0 Å². The van der Waals surface area contributed by atoms with Crippen LogP contribution in [0.2, 0.25) is 0 Å². The van der Waals surface area contributed by atoms with E-state index in [2.05, 4.69) is 37.7 Å². The van der Waals surface area contributed by atoms with E-state index in [4.69, 9.17) is 0 Å². The molecule has 0 aromatic heterocycles. The van der Waals surface area contributed by atoms with Gasteiger partial charge in [-0.05, 0) is 39.3 Å². The summed E-state index contributed by atoms with van der Waals surface area (Å²) in [5.41, 5.74) is 0. The molecule has 2 nitrogen and oxygen atoms in total. The molecule has 1 fully saturated rings. The Bertz CT molecular complexity index is 179. The Morgan fingerprint density at radius 3 is 2.79 bits per heavy atom. The predicted octanol–water partition coefficient (Wildman–Crippen LogP) is 1.88. The van der Waals surface area contributed by atoms with Gasteiger partial charge in [-0.15, -0.1) is 6.58 Å².